The number of hydrogen-bond donors (Lipinski definition) is 2. The number of hydrogen-bond acceptors (Lipinski definition) is 5. The summed E-state index contributed by atoms with van der Waals surface area (Å²) in [5, 5.41) is 6.03. The maximum atomic E-state index is 12.4. The van der Waals surface area contributed by atoms with Gasteiger partial charge in [-0.25, -0.2) is 4.98 Å². The molecule has 0 aliphatic carbocycles. The van der Waals surface area contributed by atoms with Crippen LogP contribution in [0.5, 0.6) is 5.75 Å². The van der Waals surface area contributed by atoms with E-state index in [2.05, 4.69) is 29.5 Å². The van der Waals surface area contributed by atoms with Crippen molar-refractivity contribution in [2.24, 2.45) is 5.92 Å². The summed E-state index contributed by atoms with van der Waals surface area (Å²) in [4.78, 5) is 16.9. The monoisotopic (exact) mass is 459 g/mol. The van der Waals surface area contributed by atoms with Gasteiger partial charge in [-0.2, -0.15) is 0 Å². The summed E-state index contributed by atoms with van der Waals surface area (Å²) in [5.41, 5.74) is 4.01. The first kappa shape index (κ1) is 22.5. The number of nitrogens with zero attached hydrogens (tertiary/aromatic N) is 1. The molecule has 1 heterocycles. The molecule has 4 rings (SSSR count). The molecule has 0 atom stereocenters. The van der Waals surface area contributed by atoms with Crippen LogP contribution in [-0.4, -0.2) is 22.6 Å². The lowest BCUT2D eigenvalue weighted by Gasteiger charge is -2.11. The second-order valence-corrected chi connectivity index (χ2v) is 8.46. The van der Waals surface area contributed by atoms with Crippen LogP contribution in [0.2, 0.25) is 0 Å². The molecule has 0 unspecified atom stereocenters. The normalized spacial score (nSPS) is 10.9. The number of thiocarbonyl (C=S) groups is 1. The molecule has 6 nitrogen and oxygen atoms in total. The molecule has 0 saturated carbocycles. The number of para-hydroxylation sites is 2. The van der Waals surface area contributed by atoms with Crippen LogP contribution in [0.15, 0.2) is 77.2 Å². The van der Waals surface area contributed by atoms with Gasteiger partial charge in [-0.3, -0.25) is 10.1 Å². The molecule has 0 aliphatic rings. The third-order valence-corrected chi connectivity index (χ3v) is 5.12. The van der Waals surface area contributed by atoms with E-state index in [1.54, 1.807) is 24.3 Å². The zero-order chi connectivity index (χ0) is 23.2. The molecule has 0 aliphatic heterocycles. The predicted octanol–water partition coefficient (Wildman–Crippen LogP) is 5.33. The quantitative estimate of drug-likeness (QED) is 0.364. The largest absolute Gasteiger partial charge is 0.493 e. The van der Waals surface area contributed by atoms with Gasteiger partial charge in [-0.1, -0.05) is 38.1 Å². The van der Waals surface area contributed by atoms with Crippen molar-refractivity contribution in [3.63, 3.8) is 0 Å². The lowest BCUT2D eigenvalue weighted by molar-refractivity contribution is 0.0976. The fraction of sp³-hybridized carbons (Fsp3) is 0.192. The molecule has 0 saturated heterocycles. The lowest BCUT2D eigenvalue weighted by Crippen LogP contribution is -2.38. The smallest absolute Gasteiger partial charge is 0.257 e. The Morgan fingerprint density at radius 2 is 1.76 bits per heavy atom. The fourth-order valence-corrected chi connectivity index (χ4v) is 3.29. The van der Waals surface area contributed by atoms with E-state index in [-0.39, 0.29) is 11.0 Å². The fourth-order valence-electron chi connectivity index (χ4n) is 3.13. The molecule has 33 heavy (non-hydrogen) atoms. The third kappa shape index (κ3) is 5.96. The average Bonchev–Trinajstić information content (AvgIpc) is 3.26. The maximum Gasteiger partial charge on any atom is 0.257 e. The first-order valence-electron chi connectivity index (χ1n) is 10.7. The van der Waals surface area contributed by atoms with Gasteiger partial charge in [0.1, 0.15) is 11.3 Å². The summed E-state index contributed by atoms with van der Waals surface area (Å²) in [6.45, 7) is 5.29. The summed E-state index contributed by atoms with van der Waals surface area (Å²) < 4.78 is 11.4. The van der Waals surface area contributed by atoms with Crippen molar-refractivity contribution in [3.05, 3.63) is 83.9 Å². The summed E-state index contributed by atoms with van der Waals surface area (Å²) in [5.74, 6) is 1.49. The van der Waals surface area contributed by atoms with E-state index in [4.69, 9.17) is 21.4 Å². The highest BCUT2D eigenvalue weighted by molar-refractivity contribution is 7.80. The zero-order valence-corrected chi connectivity index (χ0v) is 19.3. The number of nitrogens with one attached hydrogen (secondary N) is 2. The molecule has 0 radical (unpaired) electrons. The summed E-state index contributed by atoms with van der Waals surface area (Å²) in [7, 11) is 0. The second kappa shape index (κ2) is 10.3. The zero-order valence-electron chi connectivity index (χ0n) is 18.5. The molecule has 0 bridgehead atoms. The number of benzene rings is 3. The first-order chi connectivity index (χ1) is 16.0. The standard InChI is InChI=1S/C26H25N3O3S/c1-17(2)16-31-21-13-11-19(12-14-21)24(30)29-26(33)27-15-18-7-9-20(10-8-18)25-28-22-5-3-4-6-23(22)32-25/h3-14,17H,15-16H2,1-2H3,(H2,27,29,30,33). The van der Waals surface area contributed by atoms with Crippen molar-refractivity contribution in [1.82, 2.24) is 15.6 Å². The Labute approximate surface area is 198 Å². The van der Waals surface area contributed by atoms with Crippen molar-refractivity contribution in [3.8, 4) is 17.2 Å². The summed E-state index contributed by atoms with van der Waals surface area (Å²) >= 11 is 5.27. The number of amides is 1. The van der Waals surface area contributed by atoms with Gasteiger partial charge >= 0.3 is 0 Å². The molecular weight excluding hydrogens is 434 g/mol. The van der Waals surface area contributed by atoms with Crippen LogP contribution in [0.1, 0.15) is 29.8 Å². The van der Waals surface area contributed by atoms with Gasteiger partial charge in [-0.15, -0.1) is 0 Å². The van der Waals surface area contributed by atoms with Gasteiger partial charge in [0, 0.05) is 17.7 Å². The van der Waals surface area contributed by atoms with Gasteiger partial charge in [0.05, 0.1) is 6.61 Å². The van der Waals surface area contributed by atoms with Gasteiger partial charge in [0.25, 0.3) is 5.91 Å². The van der Waals surface area contributed by atoms with E-state index in [0.717, 1.165) is 28.0 Å². The minimum Gasteiger partial charge on any atom is -0.493 e. The SMILES string of the molecule is CC(C)COc1ccc(C(=O)NC(=S)NCc2ccc(-c3nc4ccccc4o3)cc2)cc1. The minimum atomic E-state index is -0.269. The van der Waals surface area contributed by atoms with Crippen LogP contribution >= 0.6 is 12.2 Å². The number of fused-ring (bicyclic) bond motifs is 1. The molecule has 3 aromatic carbocycles. The van der Waals surface area contributed by atoms with E-state index in [1.165, 1.54) is 0 Å². The Morgan fingerprint density at radius 3 is 2.45 bits per heavy atom. The third-order valence-electron chi connectivity index (χ3n) is 4.87. The Morgan fingerprint density at radius 1 is 1.03 bits per heavy atom. The Bertz CT molecular complexity index is 1220. The average molecular weight is 460 g/mol. The van der Waals surface area contributed by atoms with Gasteiger partial charge in [-0.05, 0) is 72.2 Å². The topological polar surface area (TPSA) is 76.4 Å². The van der Waals surface area contributed by atoms with Crippen LogP contribution < -0.4 is 15.4 Å². The van der Waals surface area contributed by atoms with E-state index in [9.17, 15) is 4.79 Å². The van der Waals surface area contributed by atoms with Crippen molar-refractivity contribution in [2.45, 2.75) is 20.4 Å². The first-order valence-corrected chi connectivity index (χ1v) is 11.2. The highest BCUT2D eigenvalue weighted by atomic mass is 32.1. The highest BCUT2D eigenvalue weighted by Crippen LogP contribution is 2.24. The Hall–Kier alpha value is -3.71. The molecule has 0 spiro atoms. The van der Waals surface area contributed by atoms with E-state index >= 15 is 0 Å². The minimum absolute atomic E-state index is 0.267. The van der Waals surface area contributed by atoms with E-state index in [1.807, 2.05) is 48.5 Å². The van der Waals surface area contributed by atoms with Crippen molar-refractivity contribution >= 4 is 34.3 Å². The molecule has 7 heteroatoms. The number of aromatic nitrogens is 1. The van der Waals surface area contributed by atoms with Gasteiger partial charge in [0.15, 0.2) is 10.7 Å². The Kier molecular flexibility index (Phi) is 7.00. The van der Waals surface area contributed by atoms with Crippen LogP contribution in [0, 0.1) is 5.92 Å². The predicted molar refractivity (Wildman–Crippen MR) is 133 cm³/mol. The van der Waals surface area contributed by atoms with Crippen LogP contribution in [0.3, 0.4) is 0 Å². The molecule has 2 N–H and O–H groups in total. The van der Waals surface area contributed by atoms with Crippen molar-refractivity contribution in [2.75, 3.05) is 6.61 Å². The molecule has 0 fully saturated rings. The molecule has 1 amide bonds. The number of carbonyl (C=O) groups excluding carboxylic acids is 1. The second-order valence-electron chi connectivity index (χ2n) is 8.05. The van der Waals surface area contributed by atoms with Crippen molar-refractivity contribution in [1.29, 1.82) is 0 Å². The molecule has 168 valence electrons. The Balaban J connectivity index is 1.28. The molecule has 4 aromatic rings. The highest BCUT2D eigenvalue weighted by Gasteiger charge is 2.10. The summed E-state index contributed by atoms with van der Waals surface area (Å²) in [6.07, 6.45) is 0. The number of carbonyl (C=O) groups is 1. The van der Waals surface area contributed by atoms with Gasteiger partial charge < -0.3 is 14.5 Å². The van der Waals surface area contributed by atoms with E-state index in [0.29, 0.717) is 30.5 Å². The van der Waals surface area contributed by atoms with Gasteiger partial charge in [0.2, 0.25) is 5.89 Å². The number of ether oxygens (including phenoxy) is 1. The number of oxazole rings is 1. The maximum absolute atomic E-state index is 12.4. The summed E-state index contributed by atoms with van der Waals surface area (Å²) in [6, 6.07) is 22.5. The van der Waals surface area contributed by atoms with Crippen LogP contribution in [0.4, 0.5) is 0 Å². The van der Waals surface area contributed by atoms with E-state index < -0.39 is 0 Å². The number of rotatable bonds is 7. The molecular formula is C26H25N3O3S. The van der Waals surface area contributed by atoms with Crippen LogP contribution in [-0.2, 0) is 6.54 Å². The molecule has 1 aromatic heterocycles. The van der Waals surface area contributed by atoms with Crippen molar-refractivity contribution < 1.29 is 13.9 Å². The van der Waals surface area contributed by atoms with Crippen LogP contribution in [0.25, 0.3) is 22.6 Å². The lowest BCUT2D eigenvalue weighted by atomic mass is 10.1.